The Morgan fingerprint density at radius 2 is 2.17 bits per heavy atom. The van der Waals surface area contributed by atoms with Crippen LogP contribution in [0.1, 0.15) is 22.3 Å². The summed E-state index contributed by atoms with van der Waals surface area (Å²) >= 11 is 0. The van der Waals surface area contributed by atoms with Crippen LogP contribution in [-0.4, -0.2) is 33.4 Å². The number of carbonyl (C=O) groups excluding carboxylic acids is 1. The van der Waals surface area contributed by atoms with E-state index in [4.69, 9.17) is 5.11 Å². The summed E-state index contributed by atoms with van der Waals surface area (Å²) in [6, 6.07) is 4.52. The van der Waals surface area contributed by atoms with E-state index in [-0.39, 0.29) is 30.0 Å². The number of carboxylic acids is 1. The number of ether oxygens (including phenoxy) is 1. The third-order valence-electron chi connectivity index (χ3n) is 3.08. The number of aryl methyl sites for hydroxylation is 2. The summed E-state index contributed by atoms with van der Waals surface area (Å²) in [5.41, 5.74) is 0.862. The number of anilines is 1. The van der Waals surface area contributed by atoms with Crippen molar-refractivity contribution in [3.63, 3.8) is 0 Å². The highest BCUT2D eigenvalue weighted by molar-refractivity contribution is 5.92. The Morgan fingerprint density at radius 3 is 2.79 bits per heavy atom. The normalized spacial score (nSPS) is 10.7. The molecule has 128 valence electrons. The first-order chi connectivity index (χ1) is 11.3. The van der Waals surface area contributed by atoms with Crippen LogP contribution in [0.2, 0.25) is 0 Å². The van der Waals surface area contributed by atoms with E-state index in [2.05, 4.69) is 15.2 Å². The van der Waals surface area contributed by atoms with Gasteiger partial charge in [-0.25, -0.2) is 4.79 Å². The third-order valence-corrected chi connectivity index (χ3v) is 3.08. The summed E-state index contributed by atoms with van der Waals surface area (Å²) in [5, 5.41) is 15.1. The Balaban J connectivity index is 1.97. The molecule has 0 fully saturated rings. The first-order valence-electron chi connectivity index (χ1n) is 6.96. The molecule has 2 N–H and O–H groups in total. The molecule has 0 aliphatic rings. The first kappa shape index (κ1) is 17.4. The minimum Gasteiger partial charge on any atom is -0.478 e. The number of carboxylic acid groups (broad SMARTS) is 1. The van der Waals surface area contributed by atoms with E-state index in [1.54, 1.807) is 13.0 Å². The summed E-state index contributed by atoms with van der Waals surface area (Å²) in [6.45, 7) is -1.14. The number of halogens is 2. The predicted molar refractivity (Wildman–Crippen MR) is 80.2 cm³/mol. The molecule has 0 saturated carbocycles. The van der Waals surface area contributed by atoms with Crippen LogP contribution in [-0.2, 0) is 11.3 Å². The second kappa shape index (κ2) is 7.53. The van der Waals surface area contributed by atoms with E-state index in [0.29, 0.717) is 5.56 Å². The number of carbonyl (C=O) groups is 2. The lowest BCUT2D eigenvalue weighted by molar-refractivity contribution is -0.116. The molecule has 24 heavy (non-hydrogen) atoms. The van der Waals surface area contributed by atoms with Gasteiger partial charge < -0.3 is 15.2 Å². The van der Waals surface area contributed by atoms with E-state index in [1.165, 1.54) is 29.2 Å². The smallest absolute Gasteiger partial charge is 0.387 e. The minimum atomic E-state index is -3.00. The maximum absolute atomic E-state index is 12.4. The van der Waals surface area contributed by atoms with Crippen LogP contribution >= 0.6 is 0 Å². The van der Waals surface area contributed by atoms with Crippen molar-refractivity contribution in [2.24, 2.45) is 0 Å². The van der Waals surface area contributed by atoms with Gasteiger partial charge in [0.05, 0.1) is 17.4 Å². The van der Waals surface area contributed by atoms with Gasteiger partial charge in [-0.3, -0.25) is 9.48 Å². The van der Waals surface area contributed by atoms with Gasteiger partial charge in [0.1, 0.15) is 5.75 Å². The number of aromatic carboxylic acids is 1. The molecule has 0 bridgehead atoms. The van der Waals surface area contributed by atoms with Crippen molar-refractivity contribution in [3.05, 3.63) is 41.7 Å². The van der Waals surface area contributed by atoms with E-state index >= 15 is 0 Å². The molecule has 1 aromatic heterocycles. The van der Waals surface area contributed by atoms with Crippen molar-refractivity contribution < 1.29 is 28.2 Å². The highest BCUT2D eigenvalue weighted by atomic mass is 19.3. The molecule has 0 unspecified atom stereocenters. The zero-order valence-corrected chi connectivity index (χ0v) is 12.7. The molecule has 2 aromatic rings. The molecule has 1 aromatic carbocycles. The fourth-order valence-electron chi connectivity index (χ4n) is 1.95. The van der Waals surface area contributed by atoms with Gasteiger partial charge in [0, 0.05) is 19.2 Å². The minimum absolute atomic E-state index is 0.0112. The van der Waals surface area contributed by atoms with E-state index in [9.17, 15) is 18.4 Å². The number of hydrogen-bond donors (Lipinski definition) is 2. The first-order valence-corrected chi connectivity index (χ1v) is 6.96. The topological polar surface area (TPSA) is 93.5 Å². The van der Waals surface area contributed by atoms with Crippen LogP contribution in [0.3, 0.4) is 0 Å². The van der Waals surface area contributed by atoms with Crippen molar-refractivity contribution in [2.45, 2.75) is 26.5 Å². The maximum atomic E-state index is 12.4. The van der Waals surface area contributed by atoms with Gasteiger partial charge in [0.25, 0.3) is 0 Å². The van der Waals surface area contributed by atoms with Crippen LogP contribution in [0.15, 0.2) is 30.6 Å². The molecule has 7 nitrogen and oxygen atoms in total. The molecule has 0 atom stereocenters. The molecule has 0 saturated heterocycles. The van der Waals surface area contributed by atoms with Crippen LogP contribution in [0.25, 0.3) is 0 Å². The lowest BCUT2D eigenvalue weighted by atomic mass is 10.2. The second-order valence-electron chi connectivity index (χ2n) is 4.97. The van der Waals surface area contributed by atoms with Gasteiger partial charge in [0.2, 0.25) is 5.91 Å². The zero-order chi connectivity index (χ0) is 17.7. The molecular weight excluding hydrogens is 324 g/mol. The summed E-state index contributed by atoms with van der Waals surface area (Å²) < 4.78 is 30.5. The quantitative estimate of drug-likeness (QED) is 0.808. The van der Waals surface area contributed by atoms with Gasteiger partial charge >= 0.3 is 12.6 Å². The van der Waals surface area contributed by atoms with Crippen LogP contribution in [0.5, 0.6) is 5.75 Å². The fraction of sp³-hybridized carbons (Fsp3) is 0.267. The van der Waals surface area contributed by atoms with Crippen LogP contribution in [0.4, 0.5) is 14.5 Å². The summed E-state index contributed by atoms with van der Waals surface area (Å²) in [6.07, 6.45) is 2.46. The summed E-state index contributed by atoms with van der Waals surface area (Å²) in [5.74, 6) is -1.67. The van der Waals surface area contributed by atoms with Crippen molar-refractivity contribution in [2.75, 3.05) is 5.32 Å². The van der Waals surface area contributed by atoms with E-state index in [1.807, 2.05) is 0 Å². The molecule has 2 rings (SSSR count). The average molecular weight is 339 g/mol. The number of amides is 1. The second-order valence-corrected chi connectivity index (χ2v) is 4.97. The van der Waals surface area contributed by atoms with Crippen molar-refractivity contribution in [1.29, 1.82) is 0 Å². The number of nitrogens with zero attached hydrogens (tertiary/aromatic N) is 2. The molecule has 0 aliphatic heterocycles. The Hall–Kier alpha value is -2.97. The lowest BCUT2D eigenvalue weighted by Crippen LogP contribution is -2.16. The molecule has 0 aliphatic carbocycles. The number of rotatable bonds is 7. The highest BCUT2D eigenvalue weighted by Crippen LogP contribution is 2.27. The van der Waals surface area contributed by atoms with Gasteiger partial charge in [-0.15, -0.1) is 0 Å². The Kier molecular flexibility index (Phi) is 5.46. The Labute approximate surface area is 135 Å². The summed E-state index contributed by atoms with van der Waals surface area (Å²) in [7, 11) is 0. The number of alkyl halides is 2. The van der Waals surface area contributed by atoms with Crippen molar-refractivity contribution in [3.8, 4) is 5.75 Å². The Bertz CT molecular complexity index is 746. The number of hydrogen-bond acceptors (Lipinski definition) is 4. The maximum Gasteiger partial charge on any atom is 0.387 e. The predicted octanol–water partition coefficient (Wildman–Crippen LogP) is 2.52. The molecule has 1 heterocycles. The molecule has 1 amide bonds. The number of nitrogens with one attached hydrogen (secondary N) is 1. The van der Waals surface area contributed by atoms with E-state index in [0.717, 1.165) is 0 Å². The van der Waals surface area contributed by atoms with Crippen molar-refractivity contribution >= 4 is 17.6 Å². The van der Waals surface area contributed by atoms with Crippen LogP contribution in [0, 0.1) is 6.92 Å². The average Bonchev–Trinajstić information content (AvgIpc) is 2.96. The number of aromatic nitrogens is 2. The van der Waals surface area contributed by atoms with Gasteiger partial charge in [-0.1, -0.05) is 6.07 Å². The molecule has 0 radical (unpaired) electrons. The van der Waals surface area contributed by atoms with Gasteiger partial charge in [-0.2, -0.15) is 13.9 Å². The largest absolute Gasteiger partial charge is 0.478 e. The van der Waals surface area contributed by atoms with Gasteiger partial charge in [-0.05, 0) is 24.6 Å². The van der Waals surface area contributed by atoms with Crippen molar-refractivity contribution in [1.82, 2.24) is 9.78 Å². The SMILES string of the molecule is Cc1ccc(NC(=O)CCn2cc(C(=O)O)cn2)c(OC(F)F)c1. The standard InChI is InChI=1S/C15H15F2N3O4/c1-9-2-3-11(12(6-9)24-15(16)17)19-13(21)4-5-20-8-10(7-18-20)14(22)23/h2-3,6-8,15H,4-5H2,1H3,(H,19,21)(H,22,23). The molecule has 9 heteroatoms. The zero-order valence-electron chi connectivity index (χ0n) is 12.7. The highest BCUT2D eigenvalue weighted by Gasteiger charge is 2.13. The number of benzene rings is 1. The fourth-order valence-corrected chi connectivity index (χ4v) is 1.95. The Morgan fingerprint density at radius 1 is 1.42 bits per heavy atom. The van der Waals surface area contributed by atoms with Crippen LogP contribution < -0.4 is 10.1 Å². The van der Waals surface area contributed by atoms with E-state index < -0.39 is 18.5 Å². The summed E-state index contributed by atoms with van der Waals surface area (Å²) in [4.78, 5) is 22.7. The molecular formula is C15H15F2N3O4. The third kappa shape index (κ3) is 4.77. The monoisotopic (exact) mass is 339 g/mol. The van der Waals surface area contributed by atoms with Gasteiger partial charge in [0.15, 0.2) is 0 Å². The molecule has 0 spiro atoms. The lowest BCUT2D eigenvalue weighted by Gasteiger charge is -2.12.